The van der Waals surface area contributed by atoms with Gasteiger partial charge in [0.2, 0.25) is 0 Å². The Balaban J connectivity index is 1.56. The van der Waals surface area contributed by atoms with Crippen molar-refractivity contribution in [3.8, 4) is 0 Å². The number of rotatable bonds is 6. The lowest BCUT2D eigenvalue weighted by Gasteiger charge is -2.24. The fraction of sp³-hybridized carbons (Fsp3) is 0.286. The molecule has 0 aromatic heterocycles. The van der Waals surface area contributed by atoms with E-state index >= 15 is 0 Å². The van der Waals surface area contributed by atoms with Gasteiger partial charge >= 0.3 is 11.9 Å². The molecule has 0 unspecified atom stereocenters. The quantitative estimate of drug-likeness (QED) is 0.424. The maximum Gasteiger partial charge on any atom is 0.334 e. The molecular formula is C21H20O5S. The first-order valence-corrected chi connectivity index (χ1v) is 9.50. The van der Waals surface area contributed by atoms with Gasteiger partial charge in [0.25, 0.3) is 0 Å². The van der Waals surface area contributed by atoms with Crippen LogP contribution in [0.2, 0.25) is 0 Å². The maximum absolute atomic E-state index is 12.5. The number of ketones is 1. The Kier molecular flexibility index (Phi) is 5.96. The molecule has 6 heteroatoms. The van der Waals surface area contributed by atoms with Crippen LogP contribution in [0.1, 0.15) is 25.3 Å². The smallest absolute Gasteiger partial charge is 0.334 e. The third kappa shape index (κ3) is 4.57. The normalized spacial score (nSPS) is 15.4. The van der Waals surface area contributed by atoms with Gasteiger partial charge in [-0.2, -0.15) is 0 Å². The van der Waals surface area contributed by atoms with Crippen LogP contribution in [0.3, 0.4) is 0 Å². The number of benzene rings is 1. The fourth-order valence-corrected chi connectivity index (χ4v) is 3.95. The molecule has 0 fully saturated rings. The van der Waals surface area contributed by atoms with Crippen LogP contribution in [0.25, 0.3) is 0 Å². The molecule has 0 N–H and O–H groups in total. The van der Waals surface area contributed by atoms with Crippen molar-refractivity contribution in [3.63, 3.8) is 0 Å². The summed E-state index contributed by atoms with van der Waals surface area (Å²) in [4.78, 5) is 37.9. The monoisotopic (exact) mass is 384 g/mol. The van der Waals surface area contributed by atoms with E-state index < -0.39 is 11.9 Å². The minimum Gasteiger partial charge on any atom is -0.462 e. The molecule has 0 bridgehead atoms. The van der Waals surface area contributed by atoms with Crippen LogP contribution in [0.5, 0.6) is 0 Å². The lowest BCUT2D eigenvalue weighted by molar-refractivity contribution is -0.142. The summed E-state index contributed by atoms with van der Waals surface area (Å²) in [6.45, 7) is 5.33. The van der Waals surface area contributed by atoms with Crippen LogP contribution < -0.4 is 0 Å². The number of carbonyl (C=O) groups excluding carboxylic acids is 3. The average Bonchev–Trinajstić information content (AvgIpc) is 2.65. The van der Waals surface area contributed by atoms with Crippen molar-refractivity contribution in [1.82, 2.24) is 0 Å². The van der Waals surface area contributed by atoms with Gasteiger partial charge in [-0.1, -0.05) is 36.5 Å². The van der Waals surface area contributed by atoms with Gasteiger partial charge in [-0.3, -0.25) is 4.79 Å². The van der Waals surface area contributed by atoms with Crippen LogP contribution in [-0.2, 0) is 30.3 Å². The van der Waals surface area contributed by atoms with E-state index in [-0.39, 0.29) is 25.4 Å². The second-order valence-electron chi connectivity index (χ2n) is 6.40. The topological polar surface area (TPSA) is 69.7 Å². The third-order valence-electron chi connectivity index (χ3n) is 4.22. The number of carbonyl (C=O) groups is 3. The standard InChI is InChI=1S/C21H20O5S/c1-13(2)20(23)25-8-5-9-26-21(24)15-11-17(22)16-10-14-6-3-4-7-18(14)27-19(16)12-15/h3-4,6-7,12H,1,5,8-11H2,2H3. The lowest BCUT2D eigenvalue weighted by atomic mass is 9.92. The van der Waals surface area contributed by atoms with E-state index in [1.54, 1.807) is 13.0 Å². The van der Waals surface area contributed by atoms with Gasteiger partial charge < -0.3 is 9.47 Å². The van der Waals surface area contributed by atoms with Crippen LogP contribution >= 0.6 is 11.8 Å². The van der Waals surface area contributed by atoms with Crippen molar-refractivity contribution in [1.29, 1.82) is 0 Å². The molecule has 2 aliphatic rings. The number of allylic oxidation sites excluding steroid dienone is 2. The molecular weight excluding hydrogens is 364 g/mol. The molecule has 0 spiro atoms. The number of hydrogen-bond acceptors (Lipinski definition) is 6. The number of hydrogen-bond donors (Lipinski definition) is 0. The Morgan fingerprint density at radius 1 is 1.15 bits per heavy atom. The molecule has 1 aliphatic carbocycles. The Bertz CT molecular complexity index is 878. The Morgan fingerprint density at radius 3 is 2.67 bits per heavy atom. The highest BCUT2D eigenvalue weighted by molar-refractivity contribution is 8.03. The van der Waals surface area contributed by atoms with Crippen molar-refractivity contribution >= 4 is 29.5 Å². The summed E-state index contributed by atoms with van der Waals surface area (Å²) in [6, 6.07) is 7.96. The number of ether oxygens (including phenoxy) is 2. The van der Waals surface area contributed by atoms with Crippen LogP contribution in [-0.4, -0.2) is 30.9 Å². The van der Waals surface area contributed by atoms with E-state index in [9.17, 15) is 14.4 Å². The van der Waals surface area contributed by atoms with Crippen molar-refractivity contribution in [2.45, 2.75) is 31.1 Å². The molecule has 3 rings (SSSR count). The molecule has 0 saturated carbocycles. The molecule has 0 saturated heterocycles. The number of thioether (sulfide) groups is 1. The van der Waals surface area contributed by atoms with E-state index in [2.05, 4.69) is 6.58 Å². The Labute approximate surface area is 162 Å². The van der Waals surface area contributed by atoms with Crippen LogP contribution in [0, 0.1) is 0 Å². The van der Waals surface area contributed by atoms with Crippen molar-refractivity contribution in [2.24, 2.45) is 0 Å². The highest BCUT2D eigenvalue weighted by Crippen LogP contribution is 2.42. The first-order valence-electron chi connectivity index (χ1n) is 8.68. The predicted octanol–water partition coefficient (Wildman–Crippen LogP) is 3.54. The molecule has 0 amide bonds. The lowest BCUT2D eigenvalue weighted by Crippen LogP contribution is -2.20. The van der Waals surface area contributed by atoms with E-state index in [1.807, 2.05) is 24.3 Å². The number of esters is 2. The minimum absolute atomic E-state index is 0.0307. The summed E-state index contributed by atoms with van der Waals surface area (Å²) in [5, 5.41) is 0. The molecule has 5 nitrogen and oxygen atoms in total. The van der Waals surface area contributed by atoms with Gasteiger partial charge in [0.1, 0.15) is 0 Å². The van der Waals surface area contributed by atoms with Gasteiger partial charge in [-0.05, 0) is 24.6 Å². The average molecular weight is 384 g/mol. The summed E-state index contributed by atoms with van der Waals surface area (Å²) in [5.74, 6) is -0.992. The van der Waals surface area contributed by atoms with Crippen molar-refractivity contribution in [2.75, 3.05) is 13.2 Å². The fourth-order valence-electron chi connectivity index (χ4n) is 2.78. The second-order valence-corrected chi connectivity index (χ2v) is 7.49. The van der Waals surface area contributed by atoms with E-state index in [0.717, 1.165) is 20.9 Å². The Hall–Kier alpha value is -2.60. The van der Waals surface area contributed by atoms with Crippen molar-refractivity contribution in [3.05, 3.63) is 64.1 Å². The number of fused-ring (bicyclic) bond motifs is 1. The summed E-state index contributed by atoms with van der Waals surface area (Å²) in [7, 11) is 0. The highest BCUT2D eigenvalue weighted by atomic mass is 32.2. The zero-order valence-electron chi connectivity index (χ0n) is 15.1. The van der Waals surface area contributed by atoms with Crippen molar-refractivity contribution < 1.29 is 23.9 Å². The molecule has 1 aromatic rings. The van der Waals surface area contributed by atoms with E-state index in [1.165, 1.54) is 11.8 Å². The van der Waals surface area contributed by atoms with Gasteiger partial charge in [0, 0.05) is 45.8 Å². The molecule has 0 atom stereocenters. The molecule has 1 aliphatic heterocycles. The Morgan fingerprint density at radius 2 is 1.89 bits per heavy atom. The highest BCUT2D eigenvalue weighted by Gasteiger charge is 2.29. The number of Topliss-reactive ketones (excluding diaryl/α,β-unsaturated/α-hetero) is 1. The van der Waals surface area contributed by atoms with Gasteiger partial charge in [-0.25, -0.2) is 9.59 Å². The minimum atomic E-state index is -0.499. The summed E-state index contributed by atoms with van der Waals surface area (Å²) < 4.78 is 10.2. The van der Waals surface area contributed by atoms with Gasteiger partial charge in [-0.15, -0.1) is 0 Å². The molecule has 140 valence electrons. The summed E-state index contributed by atoms with van der Waals surface area (Å²) in [5.41, 5.74) is 2.60. The molecule has 0 radical (unpaired) electrons. The molecule has 27 heavy (non-hydrogen) atoms. The SMILES string of the molecule is C=C(C)C(=O)OCCCOC(=O)C1=CC2=C(Cc3ccccc3S2)C(=O)C1. The van der Waals surface area contributed by atoms with Crippen LogP contribution in [0.4, 0.5) is 0 Å². The van der Waals surface area contributed by atoms with Crippen LogP contribution in [0.15, 0.2) is 63.4 Å². The van der Waals surface area contributed by atoms with Gasteiger partial charge in [0.05, 0.1) is 13.2 Å². The van der Waals surface area contributed by atoms with Gasteiger partial charge in [0.15, 0.2) is 5.78 Å². The second kappa shape index (κ2) is 8.39. The summed E-state index contributed by atoms with van der Waals surface area (Å²) in [6.07, 6.45) is 2.82. The van der Waals surface area contributed by atoms with E-state index in [0.29, 0.717) is 24.0 Å². The maximum atomic E-state index is 12.5. The first-order chi connectivity index (χ1) is 13.0. The van der Waals surface area contributed by atoms with E-state index in [4.69, 9.17) is 9.47 Å². The predicted molar refractivity (Wildman–Crippen MR) is 102 cm³/mol. The molecule has 1 aromatic carbocycles. The largest absolute Gasteiger partial charge is 0.462 e. The zero-order valence-corrected chi connectivity index (χ0v) is 15.9. The summed E-state index contributed by atoms with van der Waals surface area (Å²) >= 11 is 1.51. The third-order valence-corrected chi connectivity index (χ3v) is 5.42. The molecule has 1 heterocycles. The zero-order chi connectivity index (χ0) is 19.4. The first kappa shape index (κ1) is 19.2.